The normalized spacial score (nSPS) is 11.4. The van der Waals surface area contributed by atoms with Gasteiger partial charge in [0.05, 0.1) is 4.90 Å². The van der Waals surface area contributed by atoms with Gasteiger partial charge in [-0.15, -0.1) is 0 Å². The monoisotopic (exact) mass is 281 g/mol. The van der Waals surface area contributed by atoms with E-state index in [-0.39, 0.29) is 11.4 Å². The number of halogens is 1. The van der Waals surface area contributed by atoms with E-state index in [9.17, 15) is 8.42 Å². The molecular weight excluding hydrogens is 270 g/mol. The van der Waals surface area contributed by atoms with E-state index in [1.807, 2.05) is 30.3 Å². The van der Waals surface area contributed by atoms with Crippen LogP contribution < -0.4 is 4.72 Å². The molecule has 94 valence electrons. The van der Waals surface area contributed by atoms with Crippen LogP contribution in [0.1, 0.15) is 5.56 Å². The zero-order valence-corrected chi connectivity index (χ0v) is 11.1. The number of rotatable bonds is 4. The van der Waals surface area contributed by atoms with Gasteiger partial charge < -0.3 is 0 Å². The first-order valence-electron chi connectivity index (χ1n) is 5.37. The number of hydrogen-bond donors (Lipinski definition) is 1. The molecule has 2 aromatic carbocycles. The van der Waals surface area contributed by atoms with Crippen molar-refractivity contribution >= 4 is 21.6 Å². The molecule has 0 aliphatic rings. The van der Waals surface area contributed by atoms with Crippen LogP contribution in [0, 0.1) is 0 Å². The van der Waals surface area contributed by atoms with E-state index in [1.54, 1.807) is 12.1 Å². The number of sulfonamides is 1. The highest BCUT2D eigenvalue weighted by Gasteiger charge is 2.13. The van der Waals surface area contributed by atoms with Crippen LogP contribution in [0.4, 0.5) is 0 Å². The van der Waals surface area contributed by atoms with Crippen molar-refractivity contribution in [1.82, 2.24) is 4.72 Å². The van der Waals surface area contributed by atoms with E-state index in [1.165, 1.54) is 12.1 Å². The highest BCUT2D eigenvalue weighted by Crippen LogP contribution is 2.15. The largest absolute Gasteiger partial charge is 0.240 e. The third-order valence-electron chi connectivity index (χ3n) is 2.42. The molecule has 0 bridgehead atoms. The Balaban J connectivity index is 2.13. The van der Waals surface area contributed by atoms with Crippen molar-refractivity contribution in [3.05, 3.63) is 65.2 Å². The van der Waals surface area contributed by atoms with Gasteiger partial charge in [-0.05, 0) is 23.8 Å². The molecule has 3 nitrogen and oxygen atoms in total. The molecule has 2 aromatic rings. The third kappa shape index (κ3) is 3.32. The molecule has 0 fully saturated rings. The van der Waals surface area contributed by atoms with E-state index in [0.717, 1.165) is 5.56 Å². The fourth-order valence-corrected chi connectivity index (χ4v) is 2.81. The Hall–Kier alpha value is -1.36. The fourth-order valence-electron chi connectivity index (χ4n) is 1.49. The second-order valence-electron chi connectivity index (χ2n) is 3.77. The Bertz CT molecular complexity index is 626. The van der Waals surface area contributed by atoms with Gasteiger partial charge in [-0.3, -0.25) is 0 Å². The number of hydrogen-bond acceptors (Lipinski definition) is 2. The summed E-state index contributed by atoms with van der Waals surface area (Å²) in [6.07, 6.45) is 0. The molecule has 0 saturated heterocycles. The second-order valence-corrected chi connectivity index (χ2v) is 5.97. The Labute approximate surface area is 111 Å². The summed E-state index contributed by atoms with van der Waals surface area (Å²) in [5.74, 6) is 0. The van der Waals surface area contributed by atoms with Gasteiger partial charge in [0.1, 0.15) is 0 Å². The smallest absolute Gasteiger partial charge is 0.207 e. The molecular formula is C13H12ClNO2S. The van der Waals surface area contributed by atoms with Crippen LogP contribution in [0.15, 0.2) is 59.5 Å². The van der Waals surface area contributed by atoms with Crippen molar-refractivity contribution in [2.24, 2.45) is 0 Å². The van der Waals surface area contributed by atoms with Crippen LogP contribution >= 0.6 is 11.6 Å². The highest BCUT2D eigenvalue weighted by atomic mass is 35.5. The van der Waals surface area contributed by atoms with Crippen molar-refractivity contribution in [2.45, 2.75) is 11.4 Å². The molecule has 0 aliphatic heterocycles. The molecule has 5 heteroatoms. The molecule has 0 spiro atoms. The molecule has 0 amide bonds. The van der Waals surface area contributed by atoms with Gasteiger partial charge in [-0.1, -0.05) is 48.0 Å². The van der Waals surface area contributed by atoms with Gasteiger partial charge in [0.15, 0.2) is 0 Å². The summed E-state index contributed by atoms with van der Waals surface area (Å²) < 4.78 is 26.5. The lowest BCUT2D eigenvalue weighted by Gasteiger charge is -2.07. The molecule has 0 saturated carbocycles. The molecule has 0 radical (unpaired) electrons. The number of benzene rings is 2. The minimum Gasteiger partial charge on any atom is -0.207 e. The molecule has 0 aromatic heterocycles. The van der Waals surface area contributed by atoms with Gasteiger partial charge >= 0.3 is 0 Å². The highest BCUT2D eigenvalue weighted by molar-refractivity contribution is 7.89. The van der Waals surface area contributed by atoms with E-state index in [0.29, 0.717) is 5.02 Å². The van der Waals surface area contributed by atoms with Crippen molar-refractivity contribution < 1.29 is 8.42 Å². The van der Waals surface area contributed by atoms with Crippen molar-refractivity contribution in [3.63, 3.8) is 0 Å². The average Bonchev–Trinajstić information content (AvgIpc) is 2.38. The first-order valence-corrected chi connectivity index (χ1v) is 7.23. The molecule has 0 unspecified atom stereocenters. The van der Waals surface area contributed by atoms with Crippen molar-refractivity contribution in [2.75, 3.05) is 0 Å². The maximum absolute atomic E-state index is 12.0. The average molecular weight is 282 g/mol. The third-order valence-corrected chi connectivity index (χ3v) is 4.05. The molecule has 2 rings (SSSR count). The lowest BCUT2D eigenvalue weighted by Crippen LogP contribution is -2.23. The SMILES string of the molecule is O=S(=O)(NCc1ccccc1)c1cccc(Cl)c1. The van der Waals surface area contributed by atoms with Gasteiger partial charge in [0.25, 0.3) is 0 Å². The summed E-state index contributed by atoms with van der Waals surface area (Å²) in [6.45, 7) is 0.260. The van der Waals surface area contributed by atoms with Crippen molar-refractivity contribution in [1.29, 1.82) is 0 Å². The first kappa shape index (κ1) is 13.1. The van der Waals surface area contributed by atoms with Crippen LogP contribution in [0.25, 0.3) is 0 Å². The minimum absolute atomic E-state index is 0.172. The van der Waals surface area contributed by atoms with Crippen LogP contribution in [0.2, 0.25) is 5.02 Å². The Morgan fingerprint density at radius 1 is 1.00 bits per heavy atom. The first-order chi connectivity index (χ1) is 8.58. The second kappa shape index (κ2) is 5.52. The summed E-state index contributed by atoms with van der Waals surface area (Å²) >= 11 is 5.78. The van der Waals surface area contributed by atoms with Gasteiger partial charge in [0.2, 0.25) is 10.0 Å². The standard InChI is InChI=1S/C13H12ClNO2S/c14-12-7-4-8-13(9-12)18(16,17)15-10-11-5-2-1-3-6-11/h1-9,15H,10H2. The summed E-state index contributed by atoms with van der Waals surface area (Å²) in [6, 6.07) is 15.5. The lowest BCUT2D eigenvalue weighted by molar-refractivity contribution is 0.581. The lowest BCUT2D eigenvalue weighted by atomic mass is 10.2. The van der Waals surface area contributed by atoms with Crippen LogP contribution in [-0.4, -0.2) is 8.42 Å². The van der Waals surface area contributed by atoms with Crippen LogP contribution in [0.3, 0.4) is 0 Å². The van der Waals surface area contributed by atoms with Crippen LogP contribution in [-0.2, 0) is 16.6 Å². The van der Waals surface area contributed by atoms with E-state index in [2.05, 4.69) is 4.72 Å². The van der Waals surface area contributed by atoms with Gasteiger partial charge in [0, 0.05) is 11.6 Å². The fraction of sp³-hybridized carbons (Fsp3) is 0.0769. The van der Waals surface area contributed by atoms with Crippen LogP contribution in [0.5, 0.6) is 0 Å². The summed E-state index contributed by atoms with van der Waals surface area (Å²) in [4.78, 5) is 0.172. The Morgan fingerprint density at radius 3 is 2.39 bits per heavy atom. The summed E-state index contributed by atoms with van der Waals surface area (Å²) in [7, 11) is -3.52. The zero-order valence-electron chi connectivity index (χ0n) is 9.51. The molecule has 0 atom stereocenters. The van der Waals surface area contributed by atoms with Gasteiger partial charge in [-0.25, -0.2) is 13.1 Å². The predicted molar refractivity (Wildman–Crippen MR) is 71.9 cm³/mol. The number of nitrogens with one attached hydrogen (secondary N) is 1. The van der Waals surface area contributed by atoms with Gasteiger partial charge in [-0.2, -0.15) is 0 Å². The molecule has 1 N–H and O–H groups in total. The molecule has 0 aliphatic carbocycles. The van der Waals surface area contributed by atoms with Crippen molar-refractivity contribution in [3.8, 4) is 0 Å². The van der Waals surface area contributed by atoms with E-state index in [4.69, 9.17) is 11.6 Å². The Kier molecular flexibility index (Phi) is 4.01. The van der Waals surface area contributed by atoms with E-state index >= 15 is 0 Å². The molecule has 0 heterocycles. The summed E-state index contributed by atoms with van der Waals surface area (Å²) in [5, 5.41) is 0.401. The molecule has 18 heavy (non-hydrogen) atoms. The Morgan fingerprint density at radius 2 is 1.72 bits per heavy atom. The zero-order chi connectivity index (χ0) is 13.0. The predicted octanol–water partition coefficient (Wildman–Crippen LogP) is 2.82. The maximum atomic E-state index is 12.0. The quantitative estimate of drug-likeness (QED) is 0.937. The summed E-state index contributed by atoms with van der Waals surface area (Å²) in [5.41, 5.74) is 0.906. The maximum Gasteiger partial charge on any atom is 0.240 e. The topological polar surface area (TPSA) is 46.2 Å². The van der Waals surface area contributed by atoms with E-state index < -0.39 is 10.0 Å². The minimum atomic E-state index is -3.52.